The molecule has 1 aliphatic heterocycles. The smallest absolute Gasteiger partial charge is 0.292 e. The van der Waals surface area contributed by atoms with Gasteiger partial charge in [0.15, 0.2) is 0 Å². The Morgan fingerprint density at radius 3 is 3.06 bits per heavy atom. The molecule has 2 heterocycles. The van der Waals surface area contributed by atoms with Crippen LogP contribution >= 0.6 is 0 Å². The molecule has 5 nitrogen and oxygen atoms in total. The highest BCUT2D eigenvalue weighted by molar-refractivity contribution is 5.91. The molecule has 17 heavy (non-hydrogen) atoms. The van der Waals surface area contributed by atoms with Crippen LogP contribution in [0.25, 0.3) is 0 Å². The van der Waals surface area contributed by atoms with E-state index in [4.69, 9.17) is 4.52 Å². The molecule has 0 radical (unpaired) electrons. The Morgan fingerprint density at radius 1 is 1.59 bits per heavy atom. The lowest BCUT2D eigenvalue weighted by Gasteiger charge is -2.27. The highest BCUT2D eigenvalue weighted by atomic mass is 16.5. The molecule has 0 spiro atoms. The maximum absolute atomic E-state index is 12.2. The van der Waals surface area contributed by atoms with Crippen LogP contribution in [-0.4, -0.2) is 40.3 Å². The monoisotopic (exact) mass is 238 g/mol. The average Bonchev–Trinajstić information content (AvgIpc) is 2.64. The topological polar surface area (TPSA) is 66.6 Å². The van der Waals surface area contributed by atoms with Crippen LogP contribution in [0, 0.1) is 6.92 Å². The number of likely N-dealkylation sites (tertiary alicyclic amines) is 1. The van der Waals surface area contributed by atoms with Crippen molar-refractivity contribution in [1.82, 2.24) is 10.1 Å². The van der Waals surface area contributed by atoms with E-state index < -0.39 is 0 Å². The van der Waals surface area contributed by atoms with E-state index in [9.17, 15) is 9.90 Å². The van der Waals surface area contributed by atoms with Crippen molar-refractivity contribution < 1.29 is 14.4 Å². The van der Waals surface area contributed by atoms with Crippen LogP contribution in [0.1, 0.15) is 41.9 Å². The summed E-state index contributed by atoms with van der Waals surface area (Å²) in [6.07, 6.45) is 4.00. The SMILES string of the molecule is Cc1cc(C(=O)N2CCCCCC2CO)on1. The van der Waals surface area contributed by atoms with Gasteiger partial charge in [0.1, 0.15) is 0 Å². The van der Waals surface area contributed by atoms with Gasteiger partial charge in [0.05, 0.1) is 18.3 Å². The number of carbonyl (C=O) groups excluding carboxylic acids is 1. The number of aliphatic hydroxyl groups is 1. The van der Waals surface area contributed by atoms with Crippen LogP contribution in [-0.2, 0) is 0 Å². The van der Waals surface area contributed by atoms with Crippen molar-refractivity contribution >= 4 is 5.91 Å². The predicted molar refractivity (Wildman–Crippen MR) is 61.6 cm³/mol. The molecule has 0 aliphatic carbocycles. The molecule has 94 valence electrons. The van der Waals surface area contributed by atoms with Gasteiger partial charge in [-0.15, -0.1) is 0 Å². The lowest BCUT2D eigenvalue weighted by molar-refractivity contribution is 0.0559. The number of rotatable bonds is 2. The van der Waals surface area contributed by atoms with E-state index in [0.29, 0.717) is 12.2 Å². The summed E-state index contributed by atoms with van der Waals surface area (Å²) in [6, 6.07) is 1.55. The van der Waals surface area contributed by atoms with Crippen molar-refractivity contribution in [1.29, 1.82) is 0 Å². The molecule has 1 saturated heterocycles. The first kappa shape index (κ1) is 12.1. The molecule has 0 saturated carbocycles. The van der Waals surface area contributed by atoms with Crippen LogP contribution in [0.3, 0.4) is 0 Å². The summed E-state index contributed by atoms with van der Waals surface area (Å²) in [5.41, 5.74) is 0.698. The summed E-state index contributed by atoms with van der Waals surface area (Å²) in [5, 5.41) is 13.1. The quantitative estimate of drug-likeness (QED) is 0.844. The van der Waals surface area contributed by atoms with Crippen LogP contribution in [0.4, 0.5) is 0 Å². The molecular weight excluding hydrogens is 220 g/mol. The molecule has 1 amide bonds. The van der Waals surface area contributed by atoms with Crippen LogP contribution in [0.15, 0.2) is 10.6 Å². The van der Waals surface area contributed by atoms with Gasteiger partial charge < -0.3 is 14.5 Å². The van der Waals surface area contributed by atoms with Gasteiger partial charge >= 0.3 is 0 Å². The van der Waals surface area contributed by atoms with Crippen molar-refractivity contribution in [3.8, 4) is 0 Å². The highest BCUT2D eigenvalue weighted by Crippen LogP contribution is 2.19. The van der Waals surface area contributed by atoms with Gasteiger partial charge in [0, 0.05) is 12.6 Å². The Labute approximate surface area is 100 Å². The number of nitrogens with zero attached hydrogens (tertiary/aromatic N) is 2. The van der Waals surface area contributed by atoms with Crippen LogP contribution < -0.4 is 0 Å². The Morgan fingerprint density at radius 2 is 2.41 bits per heavy atom. The zero-order valence-electron chi connectivity index (χ0n) is 10.1. The van der Waals surface area contributed by atoms with E-state index in [0.717, 1.165) is 25.7 Å². The molecule has 1 aromatic rings. The summed E-state index contributed by atoms with van der Waals surface area (Å²) < 4.78 is 4.99. The minimum atomic E-state index is -0.161. The van der Waals surface area contributed by atoms with Gasteiger partial charge in [-0.2, -0.15) is 0 Å². The Bertz CT molecular complexity index is 389. The van der Waals surface area contributed by atoms with Crippen molar-refractivity contribution in [2.75, 3.05) is 13.2 Å². The Kier molecular flexibility index (Phi) is 3.78. The number of aliphatic hydroxyl groups excluding tert-OH is 1. The first-order chi connectivity index (χ1) is 8.22. The minimum absolute atomic E-state index is 0.0128. The van der Waals surface area contributed by atoms with E-state index >= 15 is 0 Å². The van der Waals surface area contributed by atoms with Crippen LogP contribution in [0.5, 0.6) is 0 Å². The highest BCUT2D eigenvalue weighted by Gasteiger charge is 2.27. The second-order valence-electron chi connectivity index (χ2n) is 4.52. The van der Waals surface area contributed by atoms with Gasteiger partial charge in [-0.1, -0.05) is 18.0 Å². The normalized spacial score (nSPS) is 21.3. The maximum atomic E-state index is 12.2. The lowest BCUT2D eigenvalue weighted by Crippen LogP contribution is -2.41. The number of hydrogen-bond acceptors (Lipinski definition) is 4. The molecule has 5 heteroatoms. The second-order valence-corrected chi connectivity index (χ2v) is 4.52. The van der Waals surface area contributed by atoms with Crippen molar-refractivity contribution in [3.63, 3.8) is 0 Å². The van der Waals surface area contributed by atoms with Gasteiger partial charge in [-0.3, -0.25) is 4.79 Å². The summed E-state index contributed by atoms with van der Waals surface area (Å²) in [7, 11) is 0. The van der Waals surface area contributed by atoms with Gasteiger partial charge in [0.25, 0.3) is 5.91 Å². The van der Waals surface area contributed by atoms with Gasteiger partial charge in [-0.25, -0.2) is 0 Å². The van der Waals surface area contributed by atoms with Gasteiger partial charge in [-0.05, 0) is 19.8 Å². The Hall–Kier alpha value is -1.36. The molecule has 0 aromatic carbocycles. The molecule has 1 fully saturated rings. The van der Waals surface area contributed by atoms with Crippen molar-refractivity contribution in [2.24, 2.45) is 0 Å². The molecular formula is C12H18N2O3. The minimum Gasteiger partial charge on any atom is -0.394 e. The number of aromatic nitrogens is 1. The van der Waals surface area contributed by atoms with E-state index in [1.165, 1.54) is 0 Å². The molecule has 1 aliphatic rings. The second kappa shape index (κ2) is 5.31. The van der Waals surface area contributed by atoms with Crippen LogP contribution in [0.2, 0.25) is 0 Å². The largest absolute Gasteiger partial charge is 0.394 e. The first-order valence-electron chi connectivity index (χ1n) is 6.07. The third kappa shape index (κ3) is 2.66. The summed E-state index contributed by atoms with van der Waals surface area (Å²) in [5.74, 6) is 0.106. The Balaban J connectivity index is 2.15. The third-order valence-corrected chi connectivity index (χ3v) is 3.19. The predicted octanol–water partition coefficient (Wildman–Crippen LogP) is 1.36. The number of carbonyl (C=O) groups is 1. The zero-order chi connectivity index (χ0) is 12.3. The number of hydrogen-bond donors (Lipinski definition) is 1. The molecule has 1 unspecified atom stereocenters. The number of aryl methyl sites for hydroxylation is 1. The third-order valence-electron chi connectivity index (χ3n) is 3.19. The molecule has 0 bridgehead atoms. The fraction of sp³-hybridized carbons (Fsp3) is 0.667. The lowest BCUT2D eigenvalue weighted by atomic mass is 10.1. The molecule has 2 rings (SSSR count). The fourth-order valence-corrected chi connectivity index (χ4v) is 2.24. The summed E-state index contributed by atoms with van der Waals surface area (Å²) >= 11 is 0. The van der Waals surface area contributed by atoms with Crippen molar-refractivity contribution in [3.05, 3.63) is 17.5 Å². The molecule has 1 aromatic heterocycles. The van der Waals surface area contributed by atoms with E-state index in [1.807, 2.05) is 0 Å². The van der Waals surface area contributed by atoms with E-state index in [-0.39, 0.29) is 24.3 Å². The van der Waals surface area contributed by atoms with Crippen molar-refractivity contribution in [2.45, 2.75) is 38.6 Å². The zero-order valence-corrected chi connectivity index (χ0v) is 10.1. The molecule has 1 atom stereocenters. The standard InChI is InChI=1S/C12H18N2O3/c1-9-7-11(17-13-9)12(16)14-6-4-2-3-5-10(14)8-15/h7,10,15H,2-6,8H2,1H3. The van der Waals surface area contributed by atoms with Gasteiger partial charge in [0.2, 0.25) is 5.76 Å². The summed E-state index contributed by atoms with van der Waals surface area (Å²) in [6.45, 7) is 2.48. The average molecular weight is 238 g/mol. The number of amides is 1. The van der Waals surface area contributed by atoms with E-state index in [2.05, 4.69) is 5.16 Å². The fourth-order valence-electron chi connectivity index (χ4n) is 2.24. The maximum Gasteiger partial charge on any atom is 0.292 e. The summed E-state index contributed by atoms with van der Waals surface area (Å²) in [4.78, 5) is 13.9. The molecule has 1 N–H and O–H groups in total. The van der Waals surface area contributed by atoms with E-state index in [1.54, 1.807) is 17.9 Å². The first-order valence-corrected chi connectivity index (χ1v) is 6.07.